The maximum Gasteiger partial charge on any atom is 0.123 e. The molecule has 0 radical (unpaired) electrons. The number of rotatable bonds is 6. The Morgan fingerprint density at radius 1 is 1.19 bits per heavy atom. The van der Waals surface area contributed by atoms with Crippen LogP contribution in [0.15, 0.2) is 53.0 Å². The van der Waals surface area contributed by atoms with E-state index in [1.165, 1.54) is 12.1 Å². The van der Waals surface area contributed by atoms with Gasteiger partial charge in [-0.3, -0.25) is 0 Å². The predicted molar refractivity (Wildman–Crippen MR) is 86.3 cm³/mol. The first-order valence-corrected chi connectivity index (χ1v) is 7.76. The molecule has 2 aromatic carbocycles. The molecule has 2 atom stereocenters. The highest BCUT2D eigenvalue weighted by molar-refractivity contribution is 9.10. The van der Waals surface area contributed by atoms with Gasteiger partial charge in [-0.25, -0.2) is 4.39 Å². The van der Waals surface area contributed by atoms with Gasteiger partial charge in [0.25, 0.3) is 0 Å². The number of hydrogen-bond acceptors (Lipinski definition) is 2. The van der Waals surface area contributed by atoms with Gasteiger partial charge in [-0.05, 0) is 41.8 Å². The lowest BCUT2D eigenvalue weighted by Gasteiger charge is -2.24. The number of hydrogen-bond donors (Lipinski definition) is 1. The minimum Gasteiger partial charge on any atom is -0.367 e. The van der Waals surface area contributed by atoms with Crippen LogP contribution >= 0.6 is 15.9 Å². The molecule has 0 spiro atoms. The van der Waals surface area contributed by atoms with Crippen molar-refractivity contribution < 1.29 is 9.13 Å². The molecule has 0 aliphatic heterocycles. The molecule has 0 aliphatic carbocycles. The van der Waals surface area contributed by atoms with Crippen LogP contribution in [-0.4, -0.2) is 6.04 Å². The van der Waals surface area contributed by atoms with Gasteiger partial charge in [-0.1, -0.05) is 47.1 Å². The second kappa shape index (κ2) is 7.69. The molecule has 0 amide bonds. The molecule has 2 rings (SSSR count). The summed E-state index contributed by atoms with van der Waals surface area (Å²) in [5.74, 6) is -0.255. The summed E-state index contributed by atoms with van der Waals surface area (Å²) in [6.45, 7) is 2.48. The average molecular weight is 352 g/mol. The van der Waals surface area contributed by atoms with Crippen molar-refractivity contribution in [2.24, 2.45) is 5.73 Å². The highest BCUT2D eigenvalue weighted by atomic mass is 79.9. The van der Waals surface area contributed by atoms with Crippen molar-refractivity contribution in [3.05, 3.63) is 69.9 Å². The van der Waals surface area contributed by atoms with Gasteiger partial charge in [-0.2, -0.15) is 0 Å². The zero-order chi connectivity index (χ0) is 15.2. The van der Waals surface area contributed by atoms with Crippen LogP contribution in [-0.2, 0) is 11.3 Å². The molecule has 0 saturated carbocycles. The van der Waals surface area contributed by atoms with E-state index in [4.69, 9.17) is 10.5 Å². The van der Waals surface area contributed by atoms with E-state index in [0.29, 0.717) is 6.61 Å². The van der Waals surface area contributed by atoms with Crippen molar-refractivity contribution >= 4 is 15.9 Å². The quantitative estimate of drug-likeness (QED) is 0.826. The Balaban J connectivity index is 2.11. The first kappa shape index (κ1) is 16.1. The summed E-state index contributed by atoms with van der Waals surface area (Å²) in [5, 5.41) is 0. The largest absolute Gasteiger partial charge is 0.367 e. The summed E-state index contributed by atoms with van der Waals surface area (Å²) in [4.78, 5) is 0. The lowest BCUT2D eigenvalue weighted by Crippen LogP contribution is -2.29. The Labute approximate surface area is 133 Å². The van der Waals surface area contributed by atoms with E-state index < -0.39 is 0 Å². The van der Waals surface area contributed by atoms with E-state index in [2.05, 4.69) is 15.9 Å². The fraction of sp³-hybridized carbons (Fsp3) is 0.294. The van der Waals surface area contributed by atoms with Crippen LogP contribution in [0.5, 0.6) is 0 Å². The molecule has 0 bridgehead atoms. The van der Waals surface area contributed by atoms with Crippen LogP contribution in [0.4, 0.5) is 4.39 Å². The fourth-order valence-corrected chi connectivity index (χ4v) is 2.59. The number of nitrogens with two attached hydrogens (primary N) is 1. The zero-order valence-corrected chi connectivity index (χ0v) is 13.5. The smallest absolute Gasteiger partial charge is 0.123 e. The van der Waals surface area contributed by atoms with Gasteiger partial charge in [0.15, 0.2) is 0 Å². The minimum absolute atomic E-state index is 0.123. The van der Waals surface area contributed by atoms with Gasteiger partial charge in [-0.15, -0.1) is 0 Å². The highest BCUT2D eigenvalue weighted by Crippen LogP contribution is 2.24. The highest BCUT2D eigenvalue weighted by Gasteiger charge is 2.19. The normalized spacial score (nSPS) is 13.9. The van der Waals surface area contributed by atoms with Gasteiger partial charge in [0.2, 0.25) is 0 Å². The van der Waals surface area contributed by atoms with E-state index >= 15 is 0 Å². The molecule has 0 heterocycles. The van der Waals surface area contributed by atoms with Crippen molar-refractivity contribution in [1.82, 2.24) is 0 Å². The van der Waals surface area contributed by atoms with Crippen molar-refractivity contribution in [3.8, 4) is 0 Å². The third-order valence-electron chi connectivity index (χ3n) is 3.38. The molecule has 0 saturated heterocycles. The third kappa shape index (κ3) is 4.63. The third-order valence-corrected chi connectivity index (χ3v) is 3.87. The maximum atomic E-state index is 13.1. The standard InChI is InChI=1S/C17H19BrFNO/c1-2-16(20)17(13-6-8-15(19)9-7-13)21-11-12-4-3-5-14(18)10-12/h3-10,16-17H,2,11,20H2,1H3. The molecule has 2 nitrogen and oxygen atoms in total. The number of halogens is 2. The van der Waals surface area contributed by atoms with E-state index in [9.17, 15) is 4.39 Å². The van der Waals surface area contributed by atoms with Crippen LogP contribution in [0.3, 0.4) is 0 Å². The van der Waals surface area contributed by atoms with Gasteiger partial charge in [0.05, 0.1) is 12.7 Å². The second-order valence-electron chi connectivity index (χ2n) is 4.99. The summed E-state index contributed by atoms with van der Waals surface area (Å²) >= 11 is 3.44. The predicted octanol–water partition coefficient (Wildman–Crippen LogP) is 4.58. The van der Waals surface area contributed by atoms with Crippen molar-refractivity contribution in [1.29, 1.82) is 0 Å². The molecule has 2 aromatic rings. The Hall–Kier alpha value is -1.23. The summed E-state index contributed by atoms with van der Waals surface area (Å²) in [6, 6.07) is 14.2. The second-order valence-corrected chi connectivity index (χ2v) is 5.90. The van der Waals surface area contributed by atoms with Gasteiger partial charge in [0, 0.05) is 10.5 Å². The lowest BCUT2D eigenvalue weighted by molar-refractivity contribution is 0.0212. The van der Waals surface area contributed by atoms with E-state index in [-0.39, 0.29) is 18.0 Å². The Morgan fingerprint density at radius 3 is 2.52 bits per heavy atom. The molecular weight excluding hydrogens is 333 g/mol. The minimum atomic E-state index is -0.255. The Bertz CT molecular complexity index is 573. The van der Waals surface area contributed by atoms with Gasteiger partial charge < -0.3 is 10.5 Å². The first-order valence-electron chi connectivity index (χ1n) is 6.97. The zero-order valence-electron chi connectivity index (χ0n) is 11.9. The average Bonchev–Trinajstić information content (AvgIpc) is 2.49. The van der Waals surface area contributed by atoms with Crippen LogP contribution < -0.4 is 5.73 Å². The van der Waals surface area contributed by atoms with E-state index in [0.717, 1.165) is 22.0 Å². The summed E-state index contributed by atoms with van der Waals surface area (Å²) in [7, 11) is 0. The van der Waals surface area contributed by atoms with Gasteiger partial charge in [0.1, 0.15) is 5.82 Å². The van der Waals surface area contributed by atoms with Crippen molar-refractivity contribution in [3.63, 3.8) is 0 Å². The Kier molecular flexibility index (Phi) is 5.91. The summed E-state index contributed by atoms with van der Waals surface area (Å²) in [5.41, 5.74) is 8.13. The molecule has 112 valence electrons. The molecule has 21 heavy (non-hydrogen) atoms. The molecular formula is C17H19BrFNO. The van der Waals surface area contributed by atoms with Gasteiger partial charge >= 0.3 is 0 Å². The van der Waals surface area contributed by atoms with E-state index in [1.54, 1.807) is 12.1 Å². The molecule has 0 aromatic heterocycles. The topological polar surface area (TPSA) is 35.2 Å². The molecule has 0 fully saturated rings. The van der Waals surface area contributed by atoms with E-state index in [1.807, 2.05) is 31.2 Å². The SMILES string of the molecule is CCC(N)C(OCc1cccc(Br)c1)c1ccc(F)cc1. The van der Waals surface area contributed by atoms with Crippen molar-refractivity contribution in [2.45, 2.75) is 32.1 Å². The summed E-state index contributed by atoms with van der Waals surface area (Å²) in [6.07, 6.45) is 0.551. The van der Waals surface area contributed by atoms with Crippen LogP contribution in [0.1, 0.15) is 30.6 Å². The summed E-state index contributed by atoms with van der Waals surface area (Å²) < 4.78 is 20.1. The fourth-order valence-electron chi connectivity index (χ4n) is 2.15. The monoisotopic (exact) mass is 351 g/mol. The van der Waals surface area contributed by atoms with Crippen molar-refractivity contribution in [2.75, 3.05) is 0 Å². The van der Waals surface area contributed by atoms with Crippen LogP contribution in [0.25, 0.3) is 0 Å². The number of benzene rings is 2. The van der Waals surface area contributed by atoms with Crippen LogP contribution in [0, 0.1) is 5.82 Å². The molecule has 2 N–H and O–H groups in total. The lowest BCUT2D eigenvalue weighted by atomic mass is 10.0. The maximum absolute atomic E-state index is 13.1. The first-order chi connectivity index (χ1) is 10.1. The molecule has 4 heteroatoms. The van der Waals surface area contributed by atoms with Crippen LogP contribution in [0.2, 0.25) is 0 Å². The molecule has 2 unspecified atom stereocenters. The Morgan fingerprint density at radius 2 is 1.90 bits per heavy atom. The number of ether oxygens (including phenoxy) is 1. The molecule has 0 aliphatic rings.